The smallest absolute Gasteiger partial charge is 0.163 e. The summed E-state index contributed by atoms with van der Waals surface area (Å²) < 4.78 is 0. The van der Waals surface area contributed by atoms with Crippen LogP contribution in [0.5, 0.6) is 5.75 Å². The normalized spacial score (nSPS) is 17.0. The number of halogens is 1. The topological polar surface area (TPSA) is 40.5 Å². The summed E-state index contributed by atoms with van der Waals surface area (Å²) in [5.41, 5.74) is 1.05. The Morgan fingerprint density at radius 3 is 2.48 bits per heavy atom. The maximum atomic E-state index is 11.6. The van der Waals surface area contributed by atoms with E-state index in [1.165, 1.54) is 51.5 Å². The van der Waals surface area contributed by atoms with Crippen LogP contribution in [0.15, 0.2) is 12.1 Å². The average Bonchev–Trinajstić information content (AvgIpc) is 2.71. The molecule has 2 rings (SSSR count). The molecule has 1 aromatic rings. The van der Waals surface area contributed by atoms with Crippen molar-refractivity contribution < 1.29 is 9.90 Å². The van der Waals surface area contributed by atoms with Crippen LogP contribution in [0.2, 0.25) is 5.02 Å². The number of rotatable bonds is 4. The van der Waals surface area contributed by atoms with Crippen molar-refractivity contribution in [1.82, 2.24) is 4.90 Å². The van der Waals surface area contributed by atoms with Crippen molar-refractivity contribution in [2.45, 2.75) is 58.0 Å². The van der Waals surface area contributed by atoms with Crippen LogP contribution in [0.4, 0.5) is 0 Å². The summed E-state index contributed by atoms with van der Waals surface area (Å²) in [4.78, 5) is 13.8. The molecule has 0 unspecified atom stereocenters. The summed E-state index contributed by atoms with van der Waals surface area (Å²) in [5, 5.41) is 10.8. The molecule has 0 amide bonds. The standard InChI is InChI=1S/C17H24ClNO2/c1-12(20)16-10-14(18)9-13(17(16)21)11-19(2)15-7-5-3-4-6-8-15/h9-10,15,21H,3-8,11H2,1-2H3. The predicted octanol–water partition coefficient (Wildman–Crippen LogP) is 4.40. The minimum Gasteiger partial charge on any atom is -0.507 e. The van der Waals surface area contributed by atoms with Crippen LogP contribution in [-0.2, 0) is 6.54 Å². The van der Waals surface area contributed by atoms with Crippen LogP contribution in [0.1, 0.15) is 61.4 Å². The summed E-state index contributed by atoms with van der Waals surface area (Å²) in [5.74, 6) is -0.0826. The van der Waals surface area contributed by atoms with Crippen molar-refractivity contribution in [3.8, 4) is 5.75 Å². The van der Waals surface area contributed by atoms with E-state index in [2.05, 4.69) is 11.9 Å². The second-order valence-electron chi connectivity index (χ2n) is 6.08. The molecular weight excluding hydrogens is 286 g/mol. The van der Waals surface area contributed by atoms with Crippen molar-refractivity contribution >= 4 is 17.4 Å². The summed E-state index contributed by atoms with van der Waals surface area (Å²) in [6, 6.07) is 3.84. The molecule has 0 aromatic heterocycles. The van der Waals surface area contributed by atoms with Crippen molar-refractivity contribution in [3.63, 3.8) is 0 Å². The van der Waals surface area contributed by atoms with Gasteiger partial charge in [-0.3, -0.25) is 9.69 Å². The molecule has 1 fully saturated rings. The van der Waals surface area contributed by atoms with E-state index in [9.17, 15) is 9.90 Å². The average molecular weight is 310 g/mol. The molecule has 0 radical (unpaired) electrons. The van der Waals surface area contributed by atoms with Gasteiger partial charge < -0.3 is 5.11 Å². The molecule has 0 aliphatic heterocycles. The van der Waals surface area contributed by atoms with E-state index in [0.29, 0.717) is 23.2 Å². The van der Waals surface area contributed by atoms with Crippen molar-refractivity contribution in [1.29, 1.82) is 0 Å². The molecule has 1 N–H and O–H groups in total. The molecule has 116 valence electrons. The van der Waals surface area contributed by atoms with Crippen LogP contribution in [-0.4, -0.2) is 28.9 Å². The molecule has 0 atom stereocenters. The minimum absolute atomic E-state index is 0.0763. The Morgan fingerprint density at radius 1 is 1.29 bits per heavy atom. The first-order valence-corrected chi connectivity index (χ1v) is 8.09. The molecule has 4 heteroatoms. The van der Waals surface area contributed by atoms with Gasteiger partial charge in [-0.05, 0) is 38.9 Å². The first-order chi connectivity index (χ1) is 9.99. The fourth-order valence-electron chi connectivity index (χ4n) is 3.14. The van der Waals surface area contributed by atoms with E-state index in [-0.39, 0.29) is 11.5 Å². The zero-order valence-corrected chi connectivity index (χ0v) is 13.6. The van der Waals surface area contributed by atoms with E-state index < -0.39 is 0 Å². The lowest BCUT2D eigenvalue weighted by molar-refractivity contribution is 0.101. The number of hydrogen-bond acceptors (Lipinski definition) is 3. The lowest BCUT2D eigenvalue weighted by atomic mass is 10.0. The molecule has 0 heterocycles. The zero-order chi connectivity index (χ0) is 15.4. The summed E-state index contributed by atoms with van der Waals surface area (Å²) >= 11 is 6.08. The van der Waals surface area contributed by atoms with Gasteiger partial charge in [0, 0.05) is 23.2 Å². The molecule has 21 heavy (non-hydrogen) atoms. The van der Waals surface area contributed by atoms with E-state index in [4.69, 9.17) is 11.6 Å². The second-order valence-corrected chi connectivity index (χ2v) is 6.51. The van der Waals surface area contributed by atoms with Crippen LogP contribution in [0, 0.1) is 0 Å². The van der Waals surface area contributed by atoms with Gasteiger partial charge in [-0.1, -0.05) is 37.3 Å². The SMILES string of the molecule is CC(=O)c1cc(Cl)cc(CN(C)C2CCCCCC2)c1O. The van der Waals surface area contributed by atoms with Gasteiger partial charge in [0.25, 0.3) is 0 Å². The summed E-state index contributed by atoms with van der Waals surface area (Å²) in [6.45, 7) is 2.07. The third kappa shape index (κ3) is 4.21. The van der Waals surface area contributed by atoms with Crippen molar-refractivity contribution in [2.24, 2.45) is 0 Å². The number of phenols is 1. The van der Waals surface area contributed by atoms with Crippen molar-refractivity contribution in [3.05, 3.63) is 28.3 Å². The van der Waals surface area contributed by atoms with Crippen LogP contribution in [0.3, 0.4) is 0 Å². The van der Waals surface area contributed by atoms with Gasteiger partial charge in [0.1, 0.15) is 5.75 Å². The van der Waals surface area contributed by atoms with Crippen LogP contribution in [0.25, 0.3) is 0 Å². The van der Waals surface area contributed by atoms with Gasteiger partial charge in [-0.2, -0.15) is 0 Å². The third-order valence-corrected chi connectivity index (χ3v) is 4.62. The van der Waals surface area contributed by atoms with E-state index in [0.717, 1.165) is 5.56 Å². The Kier molecular flexibility index (Phi) is 5.65. The van der Waals surface area contributed by atoms with Crippen molar-refractivity contribution in [2.75, 3.05) is 7.05 Å². The Morgan fingerprint density at radius 2 is 1.90 bits per heavy atom. The van der Waals surface area contributed by atoms with Gasteiger partial charge in [0.05, 0.1) is 5.56 Å². The Bertz CT molecular complexity index is 508. The molecule has 0 saturated heterocycles. The number of phenolic OH excluding ortho intramolecular Hbond substituents is 1. The quantitative estimate of drug-likeness (QED) is 0.662. The first-order valence-electron chi connectivity index (χ1n) is 7.71. The summed E-state index contributed by atoms with van der Waals surface area (Å²) in [6.07, 6.45) is 7.60. The highest BCUT2D eigenvalue weighted by Gasteiger charge is 2.20. The largest absolute Gasteiger partial charge is 0.507 e. The monoisotopic (exact) mass is 309 g/mol. The minimum atomic E-state index is -0.159. The van der Waals surface area contributed by atoms with Gasteiger partial charge in [-0.25, -0.2) is 0 Å². The number of aromatic hydroxyl groups is 1. The molecule has 1 aliphatic rings. The van der Waals surface area contributed by atoms with Gasteiger partial charge in [-0.15, -0.1) is 0 Å². The molecule has 0 spiro atoms. The number of carbonyl (C=O) groups excluding carboxylic acids is 1. The molecule has 3 nitrogen and oxygen atoms in total. The maximum Gasteiger partial charge on any atom is 0.163 e. The van der Waals surface area contributed by atoms with Crippen LogP contribution < -0.4 is 0 Å². The highest BCUT2D eigenvalue weighted by molar-refractivity contribution is 6.31. The molecule has 1 saturated carbocycles. The molecular formula is C17H24ClNO2. The first kappa shape index (κ1) is 16.3. The van der Waals surface area contributed by atoms with Gasteiger partial charge in [0.2, 0.25) is 0 Å². The highest BCUT2D eigenvalue weighted by Crippen LogP contribution is 2.30. The van der Waals surface area contributed by atoms with E-state index in [1.807, 2.05) is 0 Å². The van der Waals surface area contributed by atoms with E-state index in [1.54, 1.807) is 6.07 Å². The lowest BCUT2D eigenvalue weighted by Crippen LogP contribution is -2.30. The predicted molar refractivity (Wildman–Crippen MR) is 86.1 cm³/mol. The number of nitrogens with zero attached hydrogens (tertiary/aromatic N) is 1. The lowest BCUT2D eigenvalue weighted by Gasteiger charge is -2.27. The highest BCUT2D eigenvalue weighted by atomic mass is 35.5. The molecule has 0 bridgehead atoms. The number of carbonyl (C=O) groups is 1. The maximum absolute atomic E-state index is 11.6. The Balaban J connectivity index is 2.16. The number of ketones is 1. The molecule has 1 aromatic carbocycles. The number of hydrogen-bond donors (Lipinski definition) is 1. The van der Waals surface area contributed by atoms with Gasteiger partial charge in [0.15, 0.2) is 5.78 Å². The van der Waals surface area contributed by atoms with Gasteiger partial charge >= 0.3 is 0 Å². The van der Waals surface area contributed by atoms with E-state index >= 15 is 0 Å². The summed E-state index contributed by atoms with van der Waals surface area (Å²) in [7, 11) is 2.09. The third-order valence-electron chi connectivity index (χ3n) is 4.40. The molecule has 1 aliphatic carbocycles. The zero-order valence-electron chi connectivity index (χ0n) is 12.9. The fraction of sp³-hybridized carbons (Fsp3) is 0.588. The Labute approximate surface area is 131 Å². The fourth-order valence-corrected chi connectivity index (χ4v) is 3.38. The Hall–Kier alpha value is -1.06. The number of Topliss-reactive ketones (excluding diaryl/α,β-unsaturated/α-hetero) is 1. The number of benzene rings is 1. The van der Waals surface area contributed by atoms with Crippen LogP contribution >= 0.6 is 11.6 Å². The second kappa shape index (κ2) is 7.28.